The third-order valence-corrected chi connectivity index (χ3v) is 6.70. The van der Waals surface area contributed by atoms with Gasteiger partial charge in [0, 0.05) is 22.2 Å². The Morgan fingerprint density at radius 3 is 2.23 bits per heavy atom. The number of carboxylic acids is 1. The first-order valence-electron chi connectivity index (χ1n) is 8.90. The van der Waals surface area contributed by atoms with Gasteiger partial charge in [0.05, 0.1) is 11.3 Å². The first-order chi connectivity index (χ1) is 14.4. The molecule has 0 fully saturated rings. The number of aromatic nitrogens is 1. The van der Waals surface area contributed by atoms with E-state index in [-0.39, 0.29) is 10.5 Å². The van der Waals surface area contributed by atoms with Gasteiger partial charge in [-0.1, -0.05) is 54.6 Å². The van der Waals surface area contributed by atoms with Gasteiger partial charge in [0.15, 0.2) is 0 Å². The molecule has 6 nitrogen and oxygen atoms in total. The van der Waals surface area contributed by atoms with Gasteiger partial charge in [-0.05, 0) is 24.3 Å². The van der Waals surface area contributed by atoms with Gasteiger partial charge in [0.25, 0.3) is 10.0 Å². The van der Waals surface area contributed by atoms with Gasteiger partial charge >= 0.3 is 5.97 Å². The fourth-order valence-corrected chi connectivity index (χ4v) is 5.01. The van der Waals surface area contributed by atoms with E-state index >= 15 is 0 Å². The van der Waals surface area contributed by atoms with E-state index < -0.39 is 16.0 Å². The number of nitrogens with one attached hydrogen (secondary N) is 1. The number of hydrogen-bond acceptors (Lipinski definition) is 5. The summed E-state index contributed by atoms with van der Waals surface area (Å²) in [5, 5.41) is 12.1. The molecule has 0 saturated heterocycles. The number of carboxylic acid groups (broad SMARTS) is 1. The fourth-order valence-electron chi connectivity index (χ4n) is 2.92. The Morgan fingerprint density at radius 1 is 0.867 bits per heavy atom. The van der Waals surface area contributed by atoms with Crippen molar-refractivity contribution in [3.8, 4) is 21.8 Å². The van der Waals surface area contributed by atoms with Gasteiger partial charge in [-0.25, -0.2) is 18.2 Å². The highest BCUT2D eigenvalue weighted by molar-refractivity contribution is 7.92. The molecule has 0 unspecified atom stereocenters. The molecule has 0 aliphatic heterocycles. The maximum absolute atomic E-state index is 12.7. The highest BCUT2D eigenvalue weighted by atomic mass is 32.2. The maximum atomic E-state index is 12.7. The lowest BCUT2D eigenvalue weighted by Gasteiger charge is -2.10. The first kappa shape index (κ1) is 19.8. The minimum Gasteiger partial charge on any atom is -0.478 e. The Kier molecular flexibility index (Phi) is 5.35. The van der Waals surface area contributed by atoms with Crippen LogP contribution in [0.3, 0.4) is 0 Å². The fraction of sp³-hybridized carbons (Fsp3) is 0. The van der Waals surface area contributed by atoms with E-state index in [2.05, 4.69) is 9.71 Å². The predicted molar refractivity (Wildman–Crippen MR) is 117 cm³/mol. The van der Waals surface area contributed by atoms with Gasteiger partial charge < -0.3 is 5.11 Å². The highest BCUT2D eigenvalue weighted by Crippen LogP contribution is 2.29. The van der Waals surface area contributed by atoms with Crippen molar-refractivity contribution in [1.29, 1.82) is 0 Å². The molecule has 0 bridgehead atoms. The van der Waals surface area contributed by atoms with Crippen LogP contribution in [0.25, 0.3) is 21.8 Å². The molecule has 8 heteroatoms. The van der Waals surface area contributed by atoms with Crippen LogP contribution in [0.1, 0.15) is 10.4 Å². The maximum Gasteiger partial charge on any atom is 0.337 e. The number of benzene rings is 3. The molecular formula is C22H16N2O4S2. The van der Waals surface area contributed by atoms with Crippen molar-refractivity contribution in [3.63, 3.8) is 0 Å². The van der Waals surface area contributed by atoms with Crippen LogP contribution in [0.2, 0.25) is 0 Å². The number of carbonyl (C=O) groups is 1. The van der Waals surface area contributed by atoms with Crippen molar-refractivity contribution in [2.24, 2.45) is 0 Å². The second-order valence-electron chi connectivity index (χ2n) is 6.39. The first-order valence-corrected chi connectivity index (χ1v) is 11.3. The van der Waals surface area contributed by atoms with E-state index in [1.54, 1.807) is 24.3 Å². The van der Waals surface area contributed by atoms with Crippen LogP contribution in [0, 0.1) is 0 Å². The van der Waals surface area contributed by atoms with Gasteiger partial charge in [0.1, 0.15) is 9.90 Å². The molecule has 150 valence electrons. The van der Waals surface area contributed by atoms with Gasteiger partial charge in [-0.3, -0.25) is 4.72 Å². The second-order valence-corrected chi connectivity index (χ2v) is 8.90. The molecule has 1 aromatic heterocycles. The minimum absolute atomic E-state index is 0.280. The predicted octanol–water partition coefficient (Wildman–Crippen LogP) is 4.98. The Labute approximate surface area is 177 Å². The monoisotopic (exact) mass is 436 g/mol. The van der Waals surface area contributed by atoms with Crippen LogP contribution in [-0.2, 0) is 10.0 Å². The lowest BCUT2D eigenvalue weighted by molar-refractivity contribution is 0.0692. The molecule has 0 atom stereocenters. The molecule has 4 aromatic rings. The van der Waals surface area contributed by atoms with Crippen LogP contribution in [0.4, 0.5) is 5.69 Å². The molecule has 0 saturated carbocycles. The zero-order chi connectivity index (χ0) is 21.1. The number of thiazole rings is 1. The smallest absolute Gasteiger partial charge is 0.337 e. The SMILES string of the molecule is O=C(O)c1ccccc1S(=O)(=O)Nc1ccc(-c2csc(-c3ccccc3)n2)cc1. The minimum atomic E-state index is -4.04. The third-order valence-electron chi connectivity index (χ3n) is 4.36. The van der Waals surface area contributed by atoms with Gasteiger partial charge in [-0.15, -0.1) is 11.3 Å². The summed E-state index contributed by atoms with van der Waals surface area (Å²) in [7, 11) is -4.04. The molecule has 0 amide bonds. The molecule has 4 rings (SSSR count). The van der Waals surface area contributed by atoms with Crippen molar-refractivity contribution >= 4 is 33.0 Å². The average molecular weight is 437 g/mol. The standard InChI is InChI=1S/C22H16N2O4S2/c25-22(26)18-8-4-5-9-20(18)30(27,28)24-17-12-10-15(11-13-17)19-14-29-21(23-19)16-6-2-1-3-7-16/h1-14,24H,(H,25,26). The summed E-state index contributed by atoms with van der Waals surface area (Å²) in [5.41, 5.74) is 2.73. The highest BCUT2D eigenvalue weighted by Gasteiger charge is 2.21. The van der Waals surface area contributed by atoms with E-state index in [0.29, 0.717) is 5.69 Å². The van der Waals surface area contributed by atoms with E-state index in [1.165, 1.54) is 35.6 Å². The quantitative estimate of drug-likeness (QED) is 0.445. The van der Waals surface area contributed by atoms with Crippen LogP contribution in [-0.4, -0.2) is 24.5 Å². The zero-order valence-corrected chi connectivity index (χ0v) is 17.2. The summed E-state index contributed by atoms with van der Waals surface area (Å²) in [4.78, 5) is 15.7. The molecule has 0 radical (unpaired) electrons. The Balaban J connectivity index is 1.56. The van der Waals surface area contributed by atoms with Gasteiger partial charge in [-0.2, -0.15) is 0 Å². The van der Waals surface area contributed by atoms with Crippen molar-refractivity contribution in [2.75, 3.05) is 4.72 Å². The van der Waals surface area contributed by atoms with Crippen molar-refractivity contribution in [3.05, 3.63) is 89.8 Å². The molecular weight excluding hydrogens is 420 g/mol. The Morgan fingerprint density at radius 2 is 1.53 bits per heavy atom. The number of rotatable bonds is 6. The summed E-state index contributed by atoms with van der Waals surface area (Å²) in [5.74, 6) is -1.30. The Hall–Kier alpha value is -3.49. The van der Waals surface area contributed by atoms with E-state index in [1.807, 2.05) is 35.7 Å². The summed E-state index contributed by atoms with van der Waals surface area (Å²) in [6, 6.07) is 22.1. The lowest BCUT2D eigenvalue weighted by atomic mass is 10.1. The third kappa shape index (κ3) is 4.10. The zero-order valence-electron chi connectivity index (χ0n) is 15.5. The summed E-state index contributed by atoms with van der Waals surface area (Å²) < 4.78 is 27.7. The lowest BCUT2D eigenvalue weighted by Crippen LogP contribution is -2.16. The average Bonchev–Trinajstić information content (AvgIpc) is 3.25. The van der Waals surface area contributed by atoms with E-state index in [4.69, 9.17) is 0 Å². The topological polar surface area (TPSA) is 96.4 Å². The molecule has 30 heavy (non-hydrogen) atoms. The van der Waals surface area contributed by atoms with Gasteiger partial charge in [0.2, 0.25) is 0 Å². The Bertz CT molecular complexity index is 1300. The molecule has 3 aromatic carbocycles. The number of hydrogen-bond donors (Lipinski definition) is 2. The molecule has 0 aliphatic carbocycles. The molecule has 0 aliphatic rings. The van der Waals surface area contributed by atoms with Crippen molar-refractivity contribution in [1.82, 2.24) is 4.98 Å². The molecule has 1 heterocycles. The normalized spacial score (nSPS) is 11.2. The van der Waals surface area contributed by atoms with Crippen LogP contribution >= 0.6 is 11.3 Å². The van der Waals surface area contributed by atoms with E-state index in [9.17, 15) is 18.3 Å². The molecule has 0 spiro atoms. The summed E-state index contributed by atoms with van der Waals surface area (Å²) in [6.45, 7) is 0. The summed E-state index contributed by atoms with van der Waals surface area (Å²) in [6.07, 6.45) is 0. The van der Waals surface area contributed by atoms with Crippen molar-refractivity contribution in [2.45, 2.75) is 4.90 Å². The number of anilines is 1. The number of nitrogens with zero attached hydrogens (tertiary/aromatic N) is 1. The number of sulfonamides is 1. The van der Waals surface area contributed by atoms with Crippen LogP contribution in [0.15, 0.2) is 89.1 Å². The summed E-state index contributed by atoms with van der Waals surface area (Å²) >= 11 is 1.54. The largest absolute Gasteiger partial charge is 0.478 e. The second kappa shape index (κ2) is 8.10. The molecule has 2 N–H and O–H groups in total. The van der Waals surface area contributed by atoms with Crippen LogP contribution in [0.5, 0.6) is 0 Å². The van der Waals surface area contributed by atoms with Crippen molar-refractivity contribution < 1.29 is 18.3 Å². The number of aromatic carboxylic acids is 1. The van der Waals surface area contributed by atoms with E-state index in [0.717, 1.165) is 21.8 Å². The van der Waals surface area contributed by atoms with Crippen LogP contribution < -0.4 is 4.72 Å².